The van der Waals surface area contributed by atoms with Crippen LogP contribution in [0.15, 0.2) is 136 Å². The third-order valence-electron chi connectivity index (χ3n) is 7.65. The van der Waals surface area contributed by atoms with E-state index in [1.807, 2.05) is 18.2 Å². The van der Waals surface area contributed by atoms with Gasteiger partial charge in [0.05, 0.1) is 20.8 Å². The first-order valence-electron chi connectivity index (χ1n) is 12.8. The number of para-hydroxylation sites is 1. The van der Waals surface area contributed by atoms with Crippen molar-refractivity contribution in [2.75, 3.05) is 0 Å². The first kappa shape index (κ1) is 22.5. The van der Waals surface area contributed by atoms with E-state index in [1.54, 1.807) is 47.7 Å². The molecule has 0 saturated carbocycles. The fourth-order valence-electron chi connectivity index (χ4n) is 5.80. The predicted molar refractivity (Wildman–Crippen MR) is 162 cm³/mol. The molecule has 0 aliphatic carbocycles. The molecule has 5 aromatic carbocycles. The first-order chi connectivity index (χ1) is 19.1. The lowest BCUT2D eigenvalue weighted by Crippen LogP contribution is -2.01. The molecule has 3 aromatic heterocycles. The molecule has 3 nitrogen and oxygen atoms in total. The van der Waals surface area contributed by atoms with Crippen LogP contribution in [0.2, 0.25) is 0 Å². The van der Waals surface area contributed by atoms with Crippen molar-refractivity contribution >= 4 is 58.6 Å². The number of sulfone groups is 1. The van der Waals surface area contributed by atoms with Gasteiger partial charge in [0.25, 0.3) is 0 Å². The first-order valence-corrected chi connectivity index (χ1v) is 15.1. The Balaban J connectivity index is 1.25. The van der Waals surface area contributed by atoms with Gasteiger partial charge in [-0.3, -0.25) is 4.40 Å². The van der Waals surface area contributed by atoms with Crippen LogP contribution in [0.4, 0.5) is 0 Å². The molecule has 0 spiro atoms. The van der Waals surface area contributed by atoms with Crippen molar-refractivity contribution < 1.29 is 8.42 Å². The van der Waals surface area contributed by atoms with Gasteiger partial charge in [-0.2, -0.15) is 0 Å². The predicted octanol–water partition coefficient (Wildman–Crippen LogP) is 9.06. The highest BCUT2D eigenvalue weighted by Gasteiger charge is 2.20. The average Bonchev–Trinajstić information content (AvgIpc) is 3.68. The zero-order valence-corrected chi connectivity index (χ0v) is 22.3. The van der Waals surface area contributed by atoms with Gasteiger partial charge in [0.2, 0.25) is 9.84 Å². The molecule has 0 bridgehead atoms. The molecule has 0 radical (unpaired) electrons. The molecule has 0 unspecified atom stereocenters. The summed E-state index contributed by atoms with van der Waals surface area (Å²) in [6.45, 7) is 0. The Morgan fingerprint density at radius 3 is 1.97 bits per heavy atom. The smallest absolute Gasteiger partial charge is 0.206 e. The Bertz CT molecular complexity index is 2280. The van der Waals surface area contributed by atoms with Crippen LogP contribution in [-0.2, 0) is 9.84 Å². The summed E-state index contributed by atoms with van der Waals surface area (Å²) >= 11 is 1.78. The van der Waals surface area contributed by atoms with E-state index in [1.165, 1.54) is 43.0 Å². The van der Waals surface area contributed by atoms with Crippen LogP contribution in [-0.4, -0.2) is 12.8 Å². The second-order valence-electron chi connectivity index (χ2n) is 9.83. The maximum absolute atomic E-state index is 13.0. The van der Waals surface area contributed by atoms with E-state index in [0.29, 0.717) is 9.79 Å². The molecule has 0 aliphatic heterocycles. The van der Waals surface area contributed by atoms with Crippen molar-refractivity contribution in [3.63, 3.8) is 0 Å². The molecule has 5 heteroatoms. The highest BCUT2D eigenvalue weighted by atomic mass is 32.2. The number of nitrogens with zero attached hydrogens (tertiary/aromatic N) is 1. The number of benzene rings is 5. The Kier molecular flexibility index (Phi) is 4.78. The van der Waals surface area contributed by atoms with Crippen LogP contribution in [0.25, 0.3) is 59.7 Å². The monoisotopic (exact) mass is 539 g/mol. The molecule has 8 aromatic rings. The van der Waals surface area contributed by atoms with Crippen molar-refractivity contribution in [1.82, 2.24) is 4.40 Å². The number of thiophene rings is 1. The molecule has 39 heavy (non-hydrogen) atoms. The fourth-order valence-corrected chi connectivity index (χ4v) is 8.02. The van der Waals surface area contributed by atoms with Crippen molar-refractivity contribution in [3.8, 4) is 22.3 Å². The molecular formula is C34H21NO2S2. The van der Waals surface area contributed by atoms with Gasteiger partial charge in [0, 0.05) is 21.5 Å². The summed E-state index contributed by atoms with van der Waals surface area (Å²) in [4.78, 5) is 1.89. The van der Waals surface area contributed by atoms with Gasteiger partial charge in [-0.05, 0) is 82.2 Å². The van der Waals surface area contributed by atoms with E-state index in [2.05, 4.69) is 76.5 Å². The highest BCUT2D eigenvalue weighted by molar-refractivity contribution is 7.91. The van der Waals surface area contributed by atoms with Crippen molar-refractivity contribution in [1.29, 1.82) is 0 Å². The zero-order chi connectivity index (χ0) is 26.1. The molecule has 0 amide bonds. The number of hydrogen-bond acceptors (Lipinski definition) is 3. The molecule has 0 fully saturated rings. The van der Waals surface area contributed by atoms with Crippen molar-refractivity contribution in [2.45, 2.75) is 9.79 Å². The van der Waals surface area contributed by atoms with E-state index < -0.39 is 9.84 Å². The largest absolute Gasteiger partial charge is 0.300 e. The van der Waals surface area contributed by atoms with Gasteiger partial charge < -0.3 is 0 Å². The van der Waals surface area contributed by atoms with E-state index in [0.717, 1.165) is 16.7 Å². The summed E-state index contributed by atoms with van der Waals surface area (Å²) in [5, 5.41) is 7.27. The van der Waals surface area contributed by atoms with Crippen LogP contribution >= 0.6 is 11.3 Å². The summed E-state index contributed by atoms with van der Waals surface area (Å²) in [6.07, 6.45) is 0. The van der Waals surface area contributed by atoms with E-state index >= 15 is 0 Å². The van der Waals surface area contributed by atoms with Gasteiger partial charge in [-0.25, -0.2) is 8.42 Å². The summed E-state index contributed by atoms with van der Waals surface area (Å²) < 4.78 is 28.5. The number of fused-ring (bicyclic) bond motifs is 6. The fraction of sp³-hybridized carbons (Fsp3) is 0. The third-order valence-corrected chi connectivity index (χ3v) is 10.3. The topological polar surface area (TPSA) is 38.5 Å². The van der Waals surface area contributed by atoms with Crippen LogP contribution in [0, 0.1) is 0 Å². The van der Waals surface area contributed by atoms with E-state index in [9.17, 15) is 8.42 Å². The average molecular weight is 540 g/mol. The summed E-state index contributed by atoms with van der Waals surface area (Å²) in [7, 11) is -3.55. The molecule has 186 valence electrons. The van der Waals surface area contributed by atoms with Crippen molar-refractivity contribution in [3.05, 3.63) is 127 Å². The molecule has 8 rings (SSSR count). The molecular weight excluding hydrogens is 519 g/mol. The van der Waals surface area contributed by atoms with Gasteiger partial charge in [-0.1, -0.05) is 66.7 Å². The number of rotatable bonds is 4. The molecule has 0 saturated heterocycles. The standard InChI is InChI=1S/C34H21NO2S2/c36-39(37,26-9-2-1-3-10-26)27-15-13-22(14-16-27)23-7-6-8-24(19-23)25-20-30-28-11-4-5-12-32(28)35-33(30)31(21-25)29-17-18-38-34(29)35/h1-21H. The molecule has 0 N–H and O–H groups in total. The lowest BCUT2D eigenvalue weighted by atomic mass is 9.96. The van der Waals surface area contributed by atoms with Gasteiger partial charge in [-0.15, -0.1) is 11.3 Å². The molecule has 3 heterocycles. The van der Waals surface area contributed by atoms with Gasteiger partial charge in [0.15, 0.2) is 0 Å². The van der Waals surface area contributed by atoms with Crippen LogP contribution in [0.5, 0.6) is 0 Å². The van der Waals surface area contributed by atoms with Crippen LogP contribution in [0.1, 0.15) is 0 Å². The Morgan fingerprint density at radius 2 is 1.18 bits per heavy atom. The van der Waals surface area contributed by atoms with Crippen molar-refractivity contribution in [2.24, 2.45) is 0 Å². The summed E-state index contributed by atoms with van der Waals surface area (Å²) in [5.74, 6) is 0. The van der Waals surface area contributed by atoms with Gasteiger partial charge >= 0.3 is 0 Å². The Hall–Kier alpha value is -4.45. The second kappa shape index (κ2) is 8.27. The summed E-state index contributed by atoms with van der Waals surface area (Å²) in [6, 6.07) is 39.7. The minimum Gasteiger partial charge on any atom is -0.300 e. The van der Waals surface area contributed by atoms with E-state index in [-0.39, 0.29) is 0 Å². The zero-order valence-electron chi connectivity index (χ0n) is 20.7. The Morgan fingerprint density at radius 1 is 0.513 bits per heavy atom. The normalized spacial score (nSPS) is 12.3. The maximum atomic E-state index is 13.0. The van der Waals surface area contributed by atoms with E-state index in [4.69, 9.17) is 0 Å². The lowest BCUT2D eigenvalue weighted by Gasteiger charge is -2.09. The van der Waals surface area contributed by atoms with Gasteiger partial charge in [0.1, 0.15) is 4.83 Å². The minimum absolute atomic E-state index is 0.296. The van der Waals surface area contributed by atoms with Crippen LogP contribution < -0.4 is 0 Å². The number of hydrogen-bond donors (Lipinski definition) is 0. The maximum Gasteiger partial charge on any atom is 0.206 e. The minimum atomic E-state index is -3.55. The Labute approximate surface area is 229 Å². The number of aromatic nitrogens is 1. The summed E-state index contributed by atoms with van der Waals surface area (Å²) in [5.41, 5.74) is 6.86. The van der Waals surface area contributed by atoms with Crippen LogP contribution in [0.3, 0.4) is 0 Å². The quantitative estimate of drug-likeness (QED) is 0.224. The SMILES string of the molecule is O=S(=O)(c1ccccc1)c1ccc(-c2cccc(-c3cc4c5ccccc5n5c6sccc6c(c3)c45)c2)cc1. The molecule has 0 atom stereocenters. The lowest BCUT2D eigenvalue weighted by molar-refractivity contribution is 0.596. The highest BCUT2D eigenvalue weighted by Crippen LogP contribution is 2.43. The molecule has 0 aliphatic rings. The third kappa shape index (κ3) is 3.30. The second-order valence-corrected chi connectivity index (χ2v) is 12.7.